The highest BCUT2D eigenvalue weighted by Crippen LogP contribution is 2.29. The van der Waals surface area contributed by atoms with E-state index in [1.807, 2.05) is 18.2 Å². The molecule has 0 bridgehead atoms. The number of guanidine groups is 1. The van der Waals surface area contributed by atoms with Crippen molar-refractivity contribution < 1.29 is 9.47 Å². The molecule has 1 unspecified atom stereocenters. The number of halogens is 1. The largest absolute Gasteiger partial charge is 0.493 e. The maximum Gasteiger partial charge on any atom is 0.195 e. The van der Waals surface area contributed by atoms with Crippen molar-refractivity contribution in [2.45, 2.75) is 19.8 Å². The Morgan fingerprint density at radius 3 is 2.48 bits per heavy atom. The van der Waals surface area contributed by atoms with Crippen molar-refractivity contribution in [2.24, 2.45) is 10.9 Å². The fourth-order valence-corrected chi connectivity index (χ4v) is 2.97. The van der Waals surface area contributed by atoms with Gasteiger partial charge in [-0.1, -0.05) is 6.92 Å². The highest BCUT2D eigenvalue weighted by molar-refractivity contribution is 14.0. The molecule has 7 heteroatoms. The van der Waals surface area contributed by atoms with Gasteiger partial charge in [0.1, 0.15) is 0 Å². The number of benzene rings is 1. The minimum atomic E-state index is 0. The van der Waals surface area contributed by atoms with Gasteiger partial charge in [-0.05, 0) is 44.0 Å². The van der Waals surface area contributed by atoms with Crippen molar-refractivity contribution >= 4 is 35.6 Å². The molecule has 1 fully saturated rings. The standard InChI is InChI=1S/C18H30N4O2.HI/c1-14(13-22-9-5-6-10-22)12-20-18(19-2)21-15-7-8-16(23-3)17(11-15)24-4;/h7-8,11,14H,5-6,9-10,12-13H2,1-4H3,(H2,19,20,21);1H. The van der Waals surface area contributed by atoms with E-state index < -0.39 is 0 Å². The topological polar surface area (TPSA) is 58.1 Å². The fourth-order valence-electron chi connectivity index (χ4n) is 2.97. The molecule has 0 aromatic heterocycles. The van der Waals surface area contributed by atoms with E-state index in [1.54, 1.807) is 21.3 Å². The minimum absolute atomic E-state index is 0. The summed E-state index contributed by atoms with van der Waals surface area (Å²) in [4.78, 5) is 6.83. The first-order valence-electron chi connectivity index (χ1n) is 8.58. The lowest BCUT2D eigenvalue weighted by Gasteiger charge is -2.21. The summed E-state index contributed by atoms with van der Waals surface area (Å²) in [7, 11) is 5.04. The smallest absolute Gasteiger partial charge is 0.195 e. The number of nitrogens with one attached hydrogen (secondary N) is 2. The number of hydrogen-bond donors (Lipinski definition) is 2. The van der Waals surface area contributed by atoms with E-state index in [1.165, 1.54) is 25.9 Å². The summed E-state index contributed by atoms with van der Waals surface area (Å²) in [6.45, 7) is 6.78. The molecule has 1 aromatic rings. The molecule has 6 nitrogen and oxygen atoms in total. The maximum atomic E-state index is 5.33. The van der Waals surface area contributed by atoms with Gasteiger partial charge in [-0.2, -0.15) is 0 Å². The van der Waals surface area contributed by atoms with Crippen LogP contribution >= 0.6 is 24.0 Å². The van der Waals surface area contributed by atoms with Crippen LogP contribution in [-0.4, -0.2) is 58.3 Å². The molecule has 25 heavy (non-hydrogen) atoms. The van der Waals surface area contributed by atoms with Crippen LogP contribution in [0.5, 0.6) is 11.5 Å². The van der Waals surface area contributed by atoms with Gasteiger partial charge in [0.25, 0.3) is 0 Å². The van der Waals surface area contributed by atoms with Crippen molar-refractivity contribution in [1.29, 1.82) is 0 Å². The summed E-state index contributed by atoms with van der Waals surface area (Å²) in [6, 6.07) is 5.73. The van der Waals surface area contributed by atoms with Crippen LogP contribution < -0.4 is 20.1 Å². The van der Waals surface area contributed by atoms with E-state index >= 15 is 0 Å². The second-order valence-corrected chi connectivity index (χ2v) is 6.26. The Morgan fingerprint density at radius 2 is 1.88 bits per heavy atom. The zero-order chi connectivity index (χ0) is 17.4. The molecule has 1 saturated heterocycles. The fraction of sp³-hybridized carbons (Fsp3) is 0.611. The number of aliphatic imine (C=N–C) groups is 1. The third-order valence-corrected chi connectivity index (χ3v) is 4.26. The van der Waals surface area contributed by atoms with Crippen LogP contribution in [0.1, 0.15) is 19.8 Å². The molecule has 0 aliphatic carbocycles. The zero-order valence-corrected chi connectivity index (χ0v) is 18.0. The predicted molar refractivity (Wildman–Crippen MR) is 115 cm³/mol. The van der Waals surface area contributed by atoms with Crippen molar-refractivity contribution in [3.8, 4) is 11.5 Å². The van der Waals surface area contributed by atoms with Gasteiger partial charge < -0.3 is 25.0 Å². The van der Waals surface area contributed by atoms with E-state index in [2.05, 4.69) is 27.4 Å². The number of nitrogens with zero attached hydrogens (tertiary/aromatic N) is 2. The summed E-state index contributed by atoms with van der Waals surface area (Å²) in [6.07, 6.45) is 2.67. The van der Waals surface area contributed by atoms with Crippen molar-refractivity contribution in [3.63, 3.8) is 0 Å². The van der Waals surface area contributed by atoms with Gasteiger partial charge in [0.05, 0.1) is 14.2 Å². The molecular formula is C18H31IN4O2. The van der Waals surface area contributed by atoms with Crippen LogP contribution in [0, 0.1) is 5.92 Å². The van der Waals surface area contributed by atoms with Crippen LogP contribution in [0.15, 0.2) is 23.2 Å². The van der Waals surface area contributed by atoms with E-state index in [0.29, 0.717) is 17.4 Å². The zero-order valence-electron chi connectivity index (χ0n) is 15.7. The average molecular weight is 462 g/mol. The Hall–Kier alpha value is -1.22. The monoisotopic (exact) mass is 462 g/mol. The molecule has 0 spiro atoms. The van der Waals surface area contributed by atoms with Gasteiger partial charge in [-0.15, -0.1) is 24.0 Å². The molecule has 0 radical (unpaired) electrons. The van der Waals surface area contributed by atoms with Gasteiger partial charge in [-0.3, -0.25) is 4.99 Å². The van der Waals surface area contributed by atoms with Crippen LogP contribution in [0.25, 0.3) is 0 Å². The van der Waals surface area contributed by atoms with Crippen LogP contribution in [0.3, 0.4) is 0 Å². The summed E-state index contributed by atoms with van der Waals surface area (Å²) in [5.74, 6) is 2.74. The van der Waals surface area contributed by atoms with E-state index in [4.69, 9.17) is 9.47 Å². The van der Waals surface area contributed by atoms with Gasteiger partial charge in [0.2, 0.25) is 0 Å². The van der Waals surface area contributed by atoms with Gasteiger partial charge in [0.15, 0.2) is 17.5 Å². The SMILES string of the molecule is CN=C(NCC(C)CN1CCCC1)Nc1ccc(OC)c(OC)c1.I. The lowest BCUT2D eigenvalue weighted by Crippen LogP contribution is -2.37. The summed E-state index contributed by atoms with van der Waals surface area (Å²) >= 11 is 0. The molecule has 0 saturated carbocycles. The maximum absolute atomic E-state index is 5.33. The van der Waals surface area contributed by atoms with Crippen LogP contribution in [0.2, 0.25) is 0 Å². The molecule has 1 aromatic carbocycles. The first kappa shape index (κ1) is 21.8. The summed E-state index contributed by atoms with van der Waals surface area (Å²) < 4.78 is 10.6. The predicted octanol–water partition coefficient (Wildman–Crippen LogP) is 3.04. The van der Waals surface area contributed by atoms with E-state index in [-0.39, 0.29) is 24.0 Å². The Kier molecular flexibility index (Phi) is 9.96. The highest BCUT2D eigenvalue weighted by Gasteiger charge is 2.15. The van der Waals surface area contributed by atoms with Crippen LogP contribution in [0.4, 0.5) is 5.69 Å². The third-order valence-electron chi connectivity index (χ3n) is 4.26. The van der Waals surface area contributed by atoms with Gasteiger partial charge in [0, 0.05) is 31.9 Å². The number of likely N-dealkylation sites (tertiary alicyclic amines) is 1. The summed E-state index contributed by atoms with van der Waals surface area (Å²) in [5, 5.41) is 6.69. The molecule has 1 heterocycles. The number of rotatable bonds is 7. The average Bonchev–Trinajstić information content (AvgIpc) is 3.11. The normalized spacial score (nSPS) is 16.1. The molecule has 2 rings (SSSR count). The number of methoxy groups -OCH3 is 2. The Morgan fingerprint density at radius 1 is 1.20 bits per heavy atom. The van der Waals surface area contributed by atoms with E-state index in [9.17, 15) is 0 Å². The second kappa shape index (κ2) is 11.4. The molecule has 1 aliphatic heterocycles. The Labute approximate surface area is 168 Å². The lowest BCUT2D eigenvalue weighted by molar-refractivity contribution is 0.288. The molecular weight excluding hydrogens is 431 g/mol. The minimum Gasteiger partial charge on any atom is -0.493 e. The molecule has 142 valence electrons. The highest BCUT2D eigenvalue weighted by atomic mass is 127. The second-order valence-electron chi connectivity index (χ2n) is 6.26. The number of anilines is 1. The molecule has 0 amide bonds. The van der Waals surface area contributed by atoms with Crippen LogP contribution in [-0.2, 0) is 0 Å². The lowest BCUT2D eigenvalue weighted by atomic mass is 10.1. The van der Waals surface area contributed by atoms with Gasteiger partial charge >= 0.3 is 0 Å². The molecule has 2 N–H and O–H groups in total. The Bertz CT molecular complexity index is 548. The van der Waals surface area contributed by atoms with Gasteiger partial charge in [-0.25, -0.2) is 0 Å². The Balaban J connectivity index is 0.00000312. The number of hydrogen-bond acceptors (Lipinski definition) is 4. The third kappa shape index (κ3) is 6.89. The first-order chi connectivity index (χ1) is 11.7. The quantitative estimate of drug-likeness (QED) is 0.371. The van der Waals surface area contributed by atoms with Crippen molar-refractivity contribution in [3.05, 3.63) is 18.2 Å². The van der Waals surface area contributed by atoms with Crippen molar-refractivity contribution in [2.75, 3.05) is 52.8 Å². The molecule has 1 atom stereocenters. The number of ether oxygens (including phenoxy) is 2. The molecule has 1 aliphatic rings. The summed E-state index contributed by atoms with van der Waals surface area (Å²) in [5.41, 5.74) is 0.910. The van der Waals surface area contributed by atoms with E-state index in [0.717, 1.165) is 24.7 Å². The van der Waals surface area contributed by atoms with Crippen molar-refractivity contribution in [1.82, 2.24) is 10.2 Å². The first-order valence-corrected chi connectivity index (χ1v) is 8.58.